The molecule has 3 aromatic heterocycles. The molecule has 1 amide bonds. The summed E-state index contributed by atoms with van der Waals surface area (Å²) in [6.07, 6.45) is 0.780. The Hall–Kier alpha value is -2.96. The molecule has 0 aromatic carbocycles. The first-order valence-corrected chi connectivity index (χ1v) is 7.29. The average Bonchev–Trinajstić information content (AvgIpc) is 2.82. The summed E-state index contributed by atoms with van der Waals surface area (Å²) in [6.45, 7) is 0.633. The second-order valence-electron chi connectivity index (χ2n) is 5.42. The fraction of sp³-hybridized carbons (Fsp3) is 0.188. The number of aryl methyl sites for hydroxylation is 1. The van der Waals surface area contributed by atoms with Gasteiger partial charge in [-0.05, 0) is 24.3 Å². The number of nitrogens with zero attached hydrogens (tertiary/aromatic N) is 3. The summed E-state index contributed by atoms with van der Waals surface area (Å²) in [5, 5.41) is 6.65. The van der Waals surface area contributed by atoms with Crippen LogP contribution in [0.1, 0.15) is 16.1 Å². The SMILES string of the molecule is Cn1c2c(c3ccc(Nc4cccc(F)n4)nc31)C(=O)NCC2. The summed E-state index contributed by atoms with van der Waals surface area (Å²) >= 11 is 0. The van der Waals surface area contributed by atoms with Crippen molar-refractivity contribution in [1.82, 2.24) is 19.9 Å². The summed E-state index contributed by atoms with van der Waals surface area (Å²) in [4.78, 5) is 20.4. The van der Waals surface area contributed by atoms with Crippen molar-refractivity contribution in [1.29, 1.82) is 0 Å². The number of aromatic nitrogens is 3. The minimum atomic E-state index is -0.554. The van der Waals surface area contributed by atoms with Crippen molar-refractivity contribution in [3.05, 3.63) is 47.5 Å². The molecule has 0 unspecified atom stereocenters. The number of nitrogens with one attached hydrogen (secondary N) is 2. The predicted molar refractivity (Wildman–Crippen MR) is 84.2 cm³/mol. The van der Waals surface area contributed by atoms with Gasteiger partial charge in [0.2, 0.25) is 5.95 Å². The number of rotatable bonds is 2. The number of anilines is 2. The van der Waals surface area contributed by atoms with E-state index in [4.69, 9.17) is 0 Å². The molecular weight excluding hydrogens is 297 g/mol. The molecule has 0 saturated heterocycles. The van der Waals surface area contributed by atoms with Gasteiger partial charge in [0.1, 0.15) is 17.3 Å². The standard InChI is InChI=1S/C16H14FN5O/c1-22-10-7-8-18-16(23)14(10)9-5-6-13(21-15(9)22)20-12-4-2-3-11(17)19-12/h2-6H,7-8H2,1H3,(H,18,23)(H,19,20,21). The first kappa shape index (κ1) is 13.7. The van der Waals surface area contributed by atoms with E-state index in [0.717, 1.165) is 17.5 Å². The maximum absolute atomic E-state index is 13.2. The summed E-state index contributed by atoms with van der Waals surface area (Å²) in [7, 11) is 1.90. The van der Waals surface area contributed by atoms with E-state index in [-0.39, 0.29) is 5.91 Å². The minimum absolute atomic E-state index is 0.0637. The molecule has 0 aliphatic carbocycles. The van der Waals surface area contributed by atoms with Crippen LogP contribution in [0, 0.1) is 5.95 Å². The fourth-order valence-electron chi connectivity index (χ4n) is 2.96. The fourth-order valence-corrected chi connectivity index (χ4v) is 2.96. The molecule has 0 atom stereocenters. The van der Waals surface area contributed by atoms with Crippen LogP contribution in [-0.2, 0) is 13.5 Å². The molecule has 0 saturated carbocycles. The Morgan fingerprint density at radius 3 is 2.87 bits per heavy atom. The normalized spacial score (nSPS) is 13.7. The van der Waals surface area contributed by atoms with Crippen LogP contribution in [0.25, 0.3) is 11.0 Å². The van der Waals surface area contributed by atoms with Crippen molar-refractivity contribution < 1.29 is 9.18 Å². The molecule has 0 spiro atoms. The molecule has 4 rings (SSSR count). The van der Waals surface area contributed by atoms with Gasteiger partial charge in [-0.1, -0.05) is 6.07 Å². The van der Waals surface area contributed by atoms with E-state index < -0.39 is 5.95 Å². The van der Waals surface area contributed by atoms with Gasteiger partial charge in [-0.3, -0.25) is 4.79 Å². The van der Waals surface area contributed by atoms with Gasteiger partial charge in [0.15, 0.2) is 0 Å². The molecule has 3 aromatic rings. The average molecular weight is 311 g/mol. The maximum atomic E-state index is 13.2. The van der Waals surface area contributed by atoms with Crippen LogP contribution in [0.3, 0.4) is 0 Å². The van der Waals surface area contributed by atoms with Gasteiger partial charge < -0.3 is 15.2 Å². The molecule has 116 valence electrons. The molecule has 0 bridgehead atoms. The summed E-state index contributed by atoms with van der Waals surface area (Å²) < 4.78 is 15.1. The van der Waals surface area contributed by atoms with E-state index in [1.54, 1.807) is 18.2 Å². The Labute approximate surface area is 131 Å². The summed E-state index contributed by atoms with van der Waals surface area (Å²) in [5.74, 6) is 0.316. The van der Waals surface area contributed by atoms with Gasteiger partial charge in [-0.25, -0.2) is 9.97 Å². The van der Waals surface area contributed by atoms with Gasteiger partial charge >= 0.3 is 0 Å². The lowest BCUT2D eigenvalue weighted by atomic mass is 10.1. The van der Waals surface area contributed by atoms with Crippen LogP contribution in [0.2, 0.25) is 0 Å². The third kappa shape index (κ3) is 2.21. The van der Waals surface area contributed by atoms with Crippen molar-refractivity contribution in [2.45, 2.75) is 6.42 Å². The second kappa shape index (κ2) is 5.05. The number of carbonyl (C=O) groups is 1. The number of carbonyl (C=O) groups excluding carboxylic acids is 1. The van der Waals surface area contributed by atoms with Gasteiger partial charge in [0.25, 0.3) is 5.91 Å². The van der Waals surface area contributed by atoms with Crippen molar-refractivity contribution in [3.8, 4) is 0 Å². The number of hydrogen-bond acceptors (Lipinski definition) is 4. The van der Waals surface area contributed by atoms with Crippen molar-refractivity contribution in [3.63, 3.8) is 0 Å². The lowest BCUT2D eigenvalue weighted by Crippen LogP contribution is -2.32. The van der Waals surface area contributed by atoms with Crippen molar-refractivity contribution in [2.24, 2.45) is 7.05 Å². The Morgan fingerprint density at radius 1 is 1.22 bits per heavy atom. The van der Waals surface area contributed by atoms with Gasteiger partial charge in [0, 0.05) is 31.1 Å². The Bertz CT molecular complexity index is 934. The zero-order valence-electron chi connectivity index (χ0n) is 12.4. The number of halogens is 1. The molecular formula is C16H14FN5O. The van der Waals surface area contributed by atoms with Crippen LogP contribution in [-0.4, -0.2) is 27.0 Å². The highest BCUT2D eigenvalue weighted by molar-refractivity contribution is 6.08. The minimum Gasteiger partial charge on any atom is -0.352 e. The lowest BCUT2D eigenvalue weighted by Gasteiger charge is -2.13. The molecule has 2 N–H and O–H groups in total. The van der Waals surface area contributed by atoms with Crippen molar-refractivity contribution in [2.75, 3.05) is 11.9 Å². The maximum Gasteiger partial charge on any atom is 0.253 e. The second-order valence-corrected chi connectivity index (χ2v) is 5.42. The van der Waals surface area contributed by atoms with Crippen LogP contribution in [0.5, 0.6) is 0 Å². The molecule has 23 heavy (non-hydrogen) atoms. The van der Waals surface area contributed by atoms with Crippen LogP contribution < -0.4 is 10.6 Å². The van der Waals surface area contributed by atoms with E-state index in [0.29, 0.717) is 29.4 Å². The Morgan fingerprint density at radius 2 is 2.04 bits per heavy atom. The predicted octanol–water partition coefficient (Wildman–Crippen LogP) is 2.14. The zero-order valence-corrected chi connectivity index (χ0v) is 12.4. The van der Waals surface area contributed by atoms with Crippen LogP contribution >= 0.6 is 0 Å². The van der Waals surface area contributed by atoms with E-state index in [2.05, 4.69) is 20.6 Å². The van der Waals surface area contributed by atoms with E-state index in [1.807, 2.05) is 17.7 Å². The monoisotopic (exact) mass is 311 g/mol. The smallest absolute Gasteiger partial charge is 0.253 e. The number of fused-ring (bicyclic) bond motifs is 3. The highest BCUT2D eigenvalue weighted by atomic mass is 19.1. The topological polar surface area (TPSA) is 71.8 Å². The highest BCUT2D eigenvalue weighted by Crippen LogP contribution is 2.28. The Kier molecular flexibility index (Phi) is 3.00. The lowest BCUT2D eigenvalue weighted by molar-refractivity contribution is 0.0947. The van der Waals surface area contributed by atoms with E-state index in [9.17, 15) is 9.18 Å². The van der Waals surface area contributed by atoms with Crippen LogP contribution in [0.15, 0.2) is 30.3 Å². The summed E-state index contributed by atoms with van der Waals surface area (Å²) in [5.41, 5.74) is 2.39. The Balaban J connectivity index is 1.79. The number of pyridine rings is 2. The van der Waals surface area contributed by atoms with E-state index >= 15 is 0 Å². The largest absolute Gasteiger partial charge is 0.352 e. The van der Waals surface area contributed by atoms with E-state index in [1.165, 1.54) is 6.07 Å². The third-order valence-electron chi connectivity index (χ3n) is 4.00. The molecule has 0 radical (unpaired) electrons. The number of amides is 1. The molecule has 0 fully saturated rings. The quantitative estimate of drug-likeness (QED) is 0.711. The zero-order chi connectivity index (χ0) is 16.0. The molecule has 6 nitrogen and oxygen atoms in total. The molecule has 4 heterocycles. The molecule has 7 heteroatoms. The third-order valence-corrected chi connectivity index (χ3v) is 4.00. The summed E-state index contributed by atoms with van der Waals surface area (Å²) in [6, 6.07) is 8.14. The van der Waals surface area contributed by atoms with Gasteiger partial charge in [0.05, 0.1) is 5.56 Å². The molecule has 1 aliphatic heterocycles. The molecule has 1 aliphatic rings. The first-order chi connectivity index (χ1) is 11.1. The number of hydrogen-bond donors (Lipinski definition) is 2. The first-order valence-electron chi connectivity index (χ1n) is 7.29. The van der Waals surface area contributed by atoms with Gasteiger partial charge in [-0.2, -0.15) is 4.39 Å². The van der Waals surface area contributed by atoms with Crippen LogP contribution in [0.4, 0.5) is 16.0 Å². The van der Waals surface area contributed by atoms with Gasteiger partial charge in [-0.15, -0.1) is 0 Å². The highest BCUT2D eigenvalue weighted by Gasteiger charge is 2.25. The van der Waals surface area contributed by atoms with Crippen molar-refractivity contribution >= 4 is 28.6 Å².